The molecule has 8 amide bonds. The third kappa shape index (κ3) is 28.6. The van der Waals surface area contributed by atoms with Crippen LogP contribution in [-0.2, 0) is 86.5 Å². The van der Waals surface area contributed by atoms with Crippen LogP contribution in [0, 0.1) is 41.4 Å². The number of hydrogen-bond donors (Lipinski definition) is 6. The second kappa shape index (κ2) is 47.2. The Bertz CT molecular complexity index is 3620. The van der Waals surface area contributed by atoms with Gasteiger partial charge in [-0.15, -0.1) is 23.5 Å². The van der Waals surface area contributed by atoms with Crippen molar-refractivity contribution in [1.82, 2.24) is 45.9 Å². The van der Waals surface area contributed by atoms with Crippen LogP contribution >= 0.6 is 23.5 Å². The number of aromatic nitrogens is 2. The van der Waals surface area contributed by atoms with Crippen LogP contribution in [0.4, 0.5) is 10.5 Å². The van der Waals surface area contributed by atoms with Crippen LogP contribution in [0.5, 0.6) is 0 Å². The van der Waals surface area contributed by atoms with Crippen molar-refractivity contribution in [3.05, 3.63) is 101 Å². The monoisotopic (exact) mass is 1570 g/mol. The van der Waals surface area contributed by atoms with Gasteiger partial charge in [0.05, 0.1) is 98.3 Å². The topological polar surface area (TPSA) is 339 Å². The fourth-order valence-corrected chi connectivity index (χ4v) is 16.5. The highest BCUT2D eigenvalue weighted by Crippen LogP contribution is 2.33. The van der Waals surface area contributed by atoms with Crippen LogP contribution in [0.25, 0.3) is 11.0 Å². The molecule has 0 bridgehead atoms. The molecule has 0 spiro atoms. The zero-order chi connectivity index (χ0) is 80.6. The van der Waals surface area contributed by atoms with E-state index in [0.717, 1.165) is 44.6 Å². The number of carbonyl (C=O) groups excluding carboxylic acids is 10. The number of anilines is 1. The number of nitrogens with two attached hydrogens (primary N) is 1. The van der Waals surface area contributed by atoms with E-state index in [9.17, 15) is 47.9 Å². The average molecular weight is 1570 g/mol. The number of benzene rings is 3. The SMILES string of the molecule is CC[C@H](C)[C@@H]([C@@H](CC(=O)N1CCC[C@H]1[C@H](OC)[C@@H](C)C(=O)C[C@@H](Cc1ccccc1)C(=O)NCc1ccc(NC(=O)[C@H](CCCNC(N)=O)CC(=O)[C@@H](NC(=O)CCOCCOCCOCCCC(=O)c2ccc3nc4c(nc3c2)CSCSC4)C(C)C)cc1)OC)N(C)C(=O)[C@@H](NC(=O)[C@H](C(C)C)N(C)C)C(C)C. The predicted octanol–water partition coefficient (Wildman–Crippen LogP) is 9.36. The van der Waals surface area contributed by atoms with Gasteiger partial charge in [0, 0.05) is 119 Å². The van der Waals surface area contributed by atoms with E-state index in [4.69, 9.17) is 39.4 Å². The number of primary amides is 1. The maximum absolute atomic E-state index is 14.7. The third-order valence-electron chi connectivity index (χ3n) is 20.7. The molecule has 0 saturated carbocycles. The van der Waals surface area contributed by atoms with Crippen molar-refractivity contribution >= 4 is 99.1 Å². The molecular weight excluding hydrogens is 1440 g/mol. The molecule has 11 atom stereocenters. The van der Waals surface area contributed by atoms with Crippen molar-refractivity contribution in [1.29, 1.82) is 0 Å². The Morgan fingerprint density at radius 3 is 1.89 bits per heavy atom. The minimum atomic E-state index is -0.903. The number of ether oxygens (including phenoxy) is 5. The van der Waals surface area contributed by atoms with Gasteiger partial charge in [-0.1, -0.05) is 111 Å². The Balaban J connectivity index is 0.970. The molecule has 1 aromatic heterocycles. The molecule has 1 saturated heterocycles. The minimum absolute atomic E-state index is 0.00293. The van der Waals surface area contributed by atoms with E-state index in [1.54, 1.807) is 69.0 Å². The number of rotatable bonds is 49. The number of hydrogen-bond acceptors (Lipinski definition) is 20. The number of likely N-dealkylation sites (N-methyl/N-ethyl adjacent to an activating group) is 2. The largest absolute Gasteiger partial charge is 0.379 e. The summed E-state index contributed by atoms with van der Waals surface area (Å²) in [6.45, 7) is 19.5. The van der Waals surface area contributed by atoms with Gasteiger partial charge >= 0.3 is 6.03 Å². The van der Waals surface area contributed by atoms with Crippen molar-refractivity contribution in [3.63, 3.8) is 0 Å². The highest BCUT2D eigenvalue weighted by Gasteiger charge is 2.44. The summed E-state index contributed by atoms with van der Waals surface area (Å²) in [5.41, 5.74) is 11.5. The normalized spacial score (nSPS) is 16.5. The van der Waals surface area contributed by atoms with E-state index in [1.807, 2.05) is 133 Å². The lowest BCUT2D eigenvalue weighted by Gasteiger charge is -2.41. The summed E-state index contributed by atoms with van der Waals surface area (Å²) in [5.74, 6) is -3.77. The molecule has 1 fully saturated rings. The molecule has 0 radical (unpaired) electrons. The number of amides is 8. The van der Waals surface area contributed by atoms with Crippen LogP contribution in [0.1, 0.15) is 166 Å². The lowest BCUT2D eigenvalue weighted by molar-refractivity contribution is -0.148. The average Bonchev–Trinajstić information content (AvgIpc) is 1.24. The molecule has 3 heterocycles. The first-order valence-electron chi connectivity index (χ1n) is 39.0. The Morgan fingerprint density at radius 1 is 0.645 bits per heavy atom. The lowest BCUT2D eigenvalue weighted by atomic mass is 9.85. The Morgan fingerprint density at radius 2 is 1.28 bits per heavy atom. The summed E-state index contributed by atoms with van der Waals surface area (Å²) in [6.07, 6.45) is 1.83. The van der Waals surface area contributed by atoms with E-state index in [-0.39, 0.29) is 136 Å². The van der Waals surface area contributed by atoms with Crippen LogP contribution in [0.15, 0.2) is 72.8 Å². The van der Waals surface area contributed by atoms with Crippen LogP contribution < -0.4 is 32.3 Å². The summed E-state index contributed by atoms with van der Waals surface area (Å²) in [6, 6.07) is 17.9. The maximum Gasteiger partial charge on any atom is 0.312 e. The van der Waals surface area contributed by atoms with E-state index in [2.05, 4.69) is 26.6 Å². The number of carbonyl (C=O) groups is 10. The standard InChI is InChI=1S/C82H123N11O15S2/c1-15-54(8)76(92(12)81(102)74(52(4)5)90-80(101)75(53(6)7)91(10)11)70(104-13)46-72(98)93-35-20-25-66(93)77(105-14)55(9)68(95)45-60(42-56-22-17-16-18-23-56)78(99)85-47-57-27-30-61(31-28-57)86-79(100)59(24-19-34-84-82(83)103)44-69(96)73(51(2)3)89-71(97)33-37-107-39-41-108-40-38-106-36-21-26-67(94)58-29-32-62-63(43-58)88-65-49-110-50-109-48-64(65)87-62/h16-18,22-23,27-32,43,51-55,59-60,66,70,73-77H,15,19-21,24-26,33-42,44-50H2,1-14H3,(H,85,99)(H,86,100)(H,89,97)(H,90,101)(H3,83,84,103)/t54-,55-,59+,60+,66-,70+,73-,74-,75-,76-,77+/m0/s1. The van der Waals surface area contributed by atoms with E-state index in [0.29, 0.717) is 81.7 Å². The first-order chi connectivity index (χ1) is 52.6. The highest BCUT2D eigenvalue weighted by atomic mass is 32.2. The molecule has 28 heteroatoms. The van der Waals surface area contributed by atoms with Crippen molar-refractivity contribution in [3.8, 4) is 0 Å². The van der Waals surface area contributed by atoms with Gasteiger partial charge in [0.1, 0.15) is 11.8 Å². The molecule has 3 aromatic carbocycles. The molecule has 2 aliphatic rings. The van der Waals surface area contributed by atoms with Gasteiger partial charge in [-0.05, 0) is 118 Å². The molecule has 7 N–H and O–H groups in total. The number of Topliss-reactive ketones (excluding diaryl/α,β-unsaturated/α-hetero) is 3. The fraction of sp³-hybridized carbons (Fsp3) is 0.634. The van der Waals surface area contributed by atoms with Crippen molar-refractivity contribution < 1.29 is 71.6 Å². The van der Waals surface area contributed by atoms with Gasteiger partial charge in [0.25, 0.3) is 0 Å². The second-order valence-electron chi connectivity index (χ2n) is 30.3. The summed E-state index contributed by atoms with van der Waals surface area (Å²) < 4.78 is 29.3. The second-order valence-corrected chi connectivity index (χ2v) is 32.6. The summed E-state index contributed by atoms with van der Waals surface area (Å²) in [4.78, 5) is 153. The third-order valence-corrected chi connectivity index (χ3v) is 23.0. The number of fused-ring (bicyclic) bond motifs is 2. The smallest absolute Gasteiger partial charge is 0.312 e. The number of likely N-dealkylation sites (tertiary alicyclic amines) is 1. The molecule has 0 aliphatic carbocycles. The van der Waals surface area contributed by atoms with E-state index < -0.39 is 78.0 Å². The van der Waals surface area contributed by atoms with Crippen LogP contribution in [-0.4, -0.2) is 219 Å². The van der Waals surface area contributed by atoms with E-state index in [1.165, 1.54) is 7.11 Å². The van der Waals surface area contributed by atoms with E-state index >= 15 is 0 Å². The van der Waals surface area contributed by atoms with Gasteiger partial charge in [-0.2, -0.15) is 0 Å². The quantitative estimate of drug-likeness (QED) is 0.0177. The summed E-state index contributed by atoms with van der Waals surface area (Å²) in [5, 5.41) is 15.4. The van der Waals surface area contributed by atoms with Gasteiger partial charge < -0.3 is 65.8 Å². The molecule has 110 heavy (non-hydrogen) atoms. The molecule has 2 aliphatic heterocycles. The van der Waals surface area contributed by atoms with Crippen molar-refractivity contribution in [2.45, 2.75) is 200 Å². The van der Waals surface area contributed by atoms with Crippen molar-refractivity contribution in [2.75, 3.05) is 98.5 Å². The molecule has 0 unspecified atom stereocenters. The Hall–Kier alpha value is -7.44. The van der Waals surface area contributed by atoms with Gasteiger partial charge in [0.15, 0.2) is 11.6 Å². The van der Waals surface area contributed by atoms with Crippen molar-refractivity contribution in [2.24, 2.45) is 47.2 Å². The number of nitrogens with zero attached hydrogens (tertiary/aromatic N) is 5. The van der Waals surface area contributed by atoms with Gasteiger partial charge in [0.2, 0.25) is 35.4 Å². The number of ketones is 3. The first kappa shape index (κ1) is 91.4. The maximum atomic E-state index is 14.7. The summed E-state index contributed by atoms with van der Waals surface area (Å²) in [7, 11) is 8.47. The minimum Gasteiger partial charge on any atom is -0.379 e. The van der Waals surface area contributed by atoms with Crippen LogP contribution in [0.3, 0.4) is 0 Å². The zero-order valence-electron chi connectivity index (χ0n) is 67.2. The zero-order valence-corrected chi connectivity index (χ0v) is 68.9. The van der Waals surface area contributed by atoms with Crippen LogP contribution in [0.2, 0.25) is 0 Å². The van der Waals surface area contributed by atoms with Gasteiger partial charge in [-0.3, -0.25) is 48.1 Å². The Labute approximate surface area is 659 Å². The molecular formula is C82H123N11O15S2. The number of nitrogens with one attached hydrogen (secondary N) is 5. The molecule has 26 nitrogen and oxygen atoms in total. The fourth-order valence-electron chi connectivity index (χ4n) is 14.5. The van der Waals surface area contributed by atoms with Gasteiger partial charge in [-0.25, -0.2) is 14.8 Å². The molecule has 4 aromatic rings. The number of urea groups is 1. The molecule has 6 rings (SSSR count). The number of thioether (sulfide) groups is 2. The summed E-state index contributed by atoms with van der Waals surface area (Å²) >= 11 is 3.66. The highest BCUT2D eigenvalue weighted by molar-refractivity contribution is 8.15. The Kier molecular flexibility index (Phi) is 39.2. The lowest BCUT2D eigenvalue weighted by Crippen LogP contribution is -2.59. The first-order valence-corrected chi connectivity index (χ1v) is 41.3. The predicted molar refractivity (Wildman–Crippen MR) is 430 cm³/mol. The number of methoxy groups -OCH3 is 2. The molecule has 608 valence electrons.